The van der Waals surface area contributed by atoms with Gasteiger partial charge < -0.3 is 9.80 Å². The number of nitrogens with zero attached hydrogens (tertiary/aromatic N) is 2. The summed E-state index contributed by atoms with van der Waals surface area (Å²) in [5.41, 5.74) is 0.558. The lowest BCUT2D eigenvalue weighted by Crippen LogP contribution is -2.52. The van der Waals surface area contributed by atoms with E-state index in [1.165, 1.54) is 12.1 Å². The maximum atomic E-state index is 12.8. The van der Waals surface area contributed by atoms with Gasteiger partial charge in [0.25, 0.3) is 5.91 Å². The molecule has 92 valence electrons. The van der Waals surface area contributed by atoms with Gasteiger partial charge >= 0.3 is 0 Å². The van der Waals surface area contributed by atoms with Crippen molar-refractivity contribution in [2.45, 2.75) is 13.0 Å². The fraction of sp³-hybridized carbons (Fsp3) is 0.462. The van der Waals surface area contributed by atoms with Gasteiger partial charge in [0.15, 0.2) is 0 Å². The highest BCUT2D eigenvalue weighted by atomic mass is 19.1. The molecular formula is C13H17FN2O. The molecule has 0 spiro atoms. The van der Waals surface area contributed by atoms with Crippen molar-refractivity contribution in [1.82, 2.24) is 9.80 Å². The van der Waals surface area contributed by atoms with Gasteiger partial charge in [-0.25, -0.2) is 4.39 Å². The topological polar surface area (TPSA) is 23.6 Å². The molecule has 1 amide bonds. The minimum absolute atomic E-state index is 0.00870. The van der Waals surface area contributed by atoms with Crippen LogP contribution in [0.1, 0.15) is 17.3 Å². The summed E-state index contributed by atoms with van der Waals surface area (Å²) < 4.78 is 12.8. The molecule has 1 unspecified atom stereocenters. The van der Waals surface area contributed by atoms with Gasteiger partial charge in [-0.05, 0) is 38.2 Å². The van der Waals surface area contributed by atoms with E-state index in [-0.39, 0.29) is 17.8 Å². The van der Waals surface area contributed by atoms with Crippen molar-refractivity contribution in [2.24, 2.45) is 0 Å². The number of piperazine rings is 1. The van der Waals surface area contributed by atoms with Crippen LogP contribution in [-0.4, -0.2) is 48.4 Å². The number of halogens is 1. The molecule has 1 fully saturated rings. The summed E-state index contributed by atoms with van der Waals surface area (Å²) in [6, 6.07) is 5.94. The van der Waals surface area contributed by atoms with Crippen LogP contribution in [0.5, 0.6) is 0 Å². The predicted molar refractivity (Wildman–Crippen MR) is 64.4 cm³/mol. The Hall–Kier alpha value is -1.42. The predicted octanol–water partition coefficient (Wildman–Crippen LogP) is 1.60. The van der Waals surface area contributed by atoms with Crippen molar-refractivity contribution in [1.29, 1.82) is 0 Å². The van der Waals surface area contributed by atoms with Crippen LogP contribution in [0.25, 0.3) is 0 Å². The SMILES string of the molecule is CC1CN(C)CCN1C(=O)c1ccc(F)cc1. The van der Waals surface area contributed by atoms with E-state index in [0.29, 0.717) is 5.56 Å². The molecule has 4 heteroatoms. The summed E-state index contributed by atoms with van der Waals surface area (Å²) in [5.74, 6) is -0.321. The van der Waals surface area contributed by atoms with Gasteiger partial charge in [0.2, 0.25) is 0 Å². The number of carbonyl (C=O) groups is 1. The van der Waals surface area contributed by atoms with Crippen LogP contribution in [0, 0.1) is 5.82 Å². The second-order valence-corrected chi connectivity index (χ2v) is 4.62. The average molecular weight is 236 g/mol. The molecule has 2 rings (SSSR count). The normalized spacial score (nSPS) is 21.6. The standard InChI is InChI=1S/C13H17FN2O/c1-10-9-15(2)7-8-16(10)13(17)11-3-5-12(14)6-4-11/h3-6,10H,7-9H2,1-2H3. The van der Waals surface area contributed by atoms with E-state index in [4.69, 9.17) is 0 Å². The monoisotopic (exact) mass is 236 g/mol. The summed E-state index contributed by atoms with van der Waals surface area (Å²) in [4.78, 5) is 16.3. The molecule has 1 aliphatic rings. The molecule has 1 atom stereocenters. The quantitative estimate of drug-likeness (QED) is 0.739. The third kappa shape index (κ3) is 2.64. The number of benzene rings is 1. The summed E-state index contributed by atoms with van der Waals surface area (Å²) in [5, 5.41) is 0. The molecular weight excluding hydrogens is 219 g/mol. The molecule has 0 bridgehead atoms. The highest BCUT2D eigenvalue weighted by Crippen LogP contribution is 2.13. The zero-order valence-electron chi connectivity index (χ0n) is 10.2. The van der Waals surface area contributed by atoms with E-state index in [9.17, 15) is 9.18 Å². The van der Waals surface area contributed by atoms with Gasteiger partial charge in [-0.1, -0.05) is 0 Å². The van der Waals surface area contributed by atoms with Crippen molar-refractivity contribution in [3.8, 4) is 0 Å². The minimum atomic E-state index is -0.312. The van der Waals surface area contributed by atoms with E-state index in [1.807, 2.05) is 11.8 Å². The lowest BCUT2D eigenvalue weighted by molar-refractivity contribution is 0.0533. The highest BCUT2D eigenvalue weighted by Gasteiger charge is 2.26. The van der Waals surface area contributed by atoms with E-state index in [0.717, 1.165) is 19.6 Å². The zero-order valence-corrected chi connectivity index (χ0v) is 10.2. The molecule has 0 aliphatic carbocycles. The van der Waals surface area contributed by atoms with Crippen LogP contribution in [-0.2, 0) is 0 Å². The van der Waals surface area contributed by atoms with Crippen molar-refractivity contribution in [3.63, 3.8) is 0 Å². The summed E-state index contributed by atoms with van der Waals surface area (Å²) in [6.07, 6.45) is 0. The molecule has 0 saturated carbocycles. The highest BCUT2D eigenvalue weighted by molar-refractivity contribution is 5.94. The Morgan fingerprint density at radius 2 is 1.94 bits per heavy atom. The van der Waals surface area contributed by atoms with E-state index >= 15 is 0 Å². The number of likely N-dealkylation sites (N-methyl/N-ethyl adjacent to an activating group) is 1. The van der Waals surface area contributed by atoms with Gasteiger partial charge in [-0.15, -0.1) is 0 Å². The van der Waals surface area contributed by atoms with Crippen molar-refractivity contribution in [3.05, 3.63) is 35.6 Å². The summed E-state index contributed by atoms with van der Waals surface area (Å²) >= 11 is 0. The number of carbonyl (C=O) groups excluding carboxylic acids is 1. The van der Waals surface area contributed by atoms with E-state index < -0.39 is 0 Å². The van der Waals surface area contributed by atoms with Gasteiger partial charge in [-0.3, -0.25) is 4.79 Å². The fourth-order valence-corrected chi connectivity index (χ4v) is 2.20. The van der Waals surface area contributed by atoms with Gasteiger partial charge in [0, 0.05) is 31.2 Å². The largest absolute Gasteiger partial charge is 0.333 e. The van der Waals surface area contributed by atoms with Crippen LogP contribution in [0.2, 0.25) is 0 Å². The molecule has 1 aromatic carbocycles. The molecule has 1 aliphatic heterocycles. The number of rotatable bonds is 1. The van der Waals surface area contributed by atoms with Crippen molar-refractivity contribution < 1.29 is 9.18 Å². The maximum absolute atomic E-state index is 12.8. The first-order valence-electron chi connectivity index (χ1n) is 5.83. The molecule has 3 nitrogen and oxygen atoms in total. The first-order chi connectivity index (χ1) is 8.08. The second-order valence-electron chi connectivity index (χ2n) is 4.62. The van der Waals surface area contributed by atoms with Crippen LogP contribution >= 0.6 is 0 Å². The third-order valence-corrected chi connectivity index (χ3v) is 3.18. The molecule has 17 heavy (non-hydrogen) atoms. The van der Waals surface area contributed by atoms with E-state index in [2.05, 4.69) is 11.9 Å². The first kappa shape index (κ1) is 12.0. The lowest BCUT2D eigenvalue weighted by Gasteiger charge is -2.38. The fourth-order valence-electron chi connectivity index (χ4n) is 2.20. The van der Waals surface area contributed by atoms with Crippen molar-refractivity contribution in [2.75, 3.05) is 26.7 Å². The molecule has 0 N–H and O–H groups in total. The van der Waals surface area contributed by atoms with Crippen LogP contribution < -0.4 is 0 Å². The summed E-state index contributed by atoms with van der Waals surface area (Å²) in [6.45, 7) is 4.54. The Morgan fingerprint density at radius 3 is 2.53 bits per heavy atom. The Labute approximate surface area is 101 Å². The average Bonchev–Trinajstić information content (AvgIpc) is 2.29. The zero-order chi connectivity index (χ0) is 12.4. The Bertz CT molecular complexity index is 404. The second kappa shape index (κ2) is 4.84. The van der Waals surface area contributed by atoms with Crippen molar-refractivity contribution >= 4 is 5.91 Å². The number of amides is 1. The van der Waals surface area contributed by atoms with Gasteiger partial charge in [0.1, 0.15) is 5.82 Å². The Morgan fingerprint density at radius 1 is 1.29 bits per heavy atom. The minimum Gasteiger partial charge on any atom is -0.333 e. The molecule has 0 radical (unpaired) electrons. The molecule has 1 aromatic rings. The third-order valence-electron chi connectivity index (χ3n) is 3.18. The lowest BCUT2D eigenvalue weighted by atomic mass is 10.1. The Kier molecular flexibility index (Phi) is 3.43. The van der Waals surface area contributed by atoms with Gasteiger partial charge in [0.05, 0.1) is 0 Å². The number of hydrogen-bond donors (Lipinski definition) is 0. The van der Waals surface area contributed by atoms with E-state index in [1.54, 1.807) is 12.1 Å². The smallest absolute Gasteiger partial charge is 0.254 e. The number of hydrogen-bond acceptors (Lipinski definition) is 2. The van der Waals surface area contributed by atoms with Crippen LogP contribution in [0.15, 0.2) is 24.3 Å². The summed E-state index contributed by atoms with van der Waals surface area (Å²) in [7, 11) is 2.05. The molecule has 1 heterocycles. The van der Waals surface area contributed by atoms with Crippen LogP contribution in [0.4, 0.5) is 4.39 Å². The molecule has 0 aromatic heterocycles. The Balaban J connectivity index is 2.12. The first-order valence-corrected chi connectivity index (χ1v) is 5.83. The molecule has 1 saturated heterocycles. The maximum Gasteiger partial charge on any atom is 0.254 e. The van der Waals surface area contributed by atoms with Crippen LogP contribution in [0.3, 0.4) is 0 Å². The van der Waals surface area contributed by atoms with Gasteiger partial charge in [-0.2, -0.15) is 0 Å².